The van der Waals surface area contributed by atoms with Crippen LogP contribution in [-0.2, 0) is 4.74 Å². The first kappa shape index (κ1) is 10.9. The lowest BCUT2D eigenvalue weighted by atomic mass is 10.1. The molecule has 0 radical (unpaired) electrons. The number of ether oxygens (including phenoxy) is 2. The van der Waals surface area contributed by atoms with Gasteiger partial charge in [-0.2, -0.15) is 0 Å². The van der Waals surface area contributed by atoms with Crippen LogP contribution in [0.15, 0.2) is 22.8 Å². The van der Waals surface area contributed by atoms with Crippen molar-refractivity contribution in [3.63, 3.8) is 0 Å². The van der Waals surface area contributed by atoms with Crippen LogP contribution in [0.25, 0.3) is 0 Å². The van der Waals surface area contributed by atoms with E-state index in [1.807, 2.05) is 18.2 Å². The number of halogens is 1. The van der Waals surface area contributed by atoms with Crippen molar-refractivity contribution in [3.05, 3.63) is 22.8 Å². The average molecular weight is 272 g/mol. The quantitative estimate of drug-likeness (QED) is 0.793. The summed E-state index contributed by atoms with van der Waals surface area (Å²) in [6.45, 7) is 1.46. The largest absolute Gasteiger partial charge is 0.475 e. The third-order valence-corrected chi connectivity index (χ3v) is 2.82. The molecule has 82 valence electrons. The van der Waals surface area contributed by atoms with Crippen molar-refractivity contribution in [1.29, 1.82) is 0 Å². The second-order valence-corrected chi connectivity index (χ2v) is 4.41. The number of hydrogen-bond acceptors (Lipinski definition) is 3. The Labute approximate surface area is 97.9 Å². The molecule has 1 saturated heterocycles. The normalized spacial score (nSPS) is 21.3. The Bertz CT molecular complexity index is 313. The molecule has 0 aliphatic carbocycles. The molecule has 1 fully saturated rings. The minimum atomic E-state index is 0.236. The SMILES string of the molecule is Brc1cccc(OCC2CCCCO2)n1. The van der Waals surface area contributed by atoms with Gasteiger partial charge in [0.1, 0.15) is 11.2 Å². The Kier molecular flexibility index (Phi) is 3.97. The van der Waals surface area contributed by atoms with Gasteiger partial charge in [-0.1, -0.05) is 6.07 Å². The molecule has 0 amide bonds. The molecule has 0 N–H and O–H groups in total. The summed E-state index contributed by atoms with van der Waals surface area (Å²) in [5, 5.41) is 0. The van der Waals surface area contributed by atoms with E-state index in [0.717, 1.165) is 17.6 Å². The number of hydrogen-bond donors (Lipinski definition) is 0. The van der Waals surface area contributed by atoms with Gasteiger partial charge in [-0.05, 0) is 41.3 Å². The number of nitrogens with zero attached hydrogens (tertiary/aromatic N) is 1. The van der Waals surface area contributed by atoms with Crippen LogP contribution in [0.1, 0.15) is 19.3 Å². The van der Waals surface area contributed by atoms with Crippen molar-refractivity contribution in [2.75, 3.05) is 13.2 Å². The predicted molar refractivity (Wildman–Crippen MR) is 61.0 cm³/mol. The molecular formula is C11H14BrNO2. The van der Waals surface area contributed by atoms with E-state index in [4.69, 9.17) is 9.47 Å². The Morgan fingerprint density at radius 2 is 2.40 bits per heavy atom. The zero-order chi connectivity index (χ0) is 10.5. The van der Waals surface area contributed by atoms with Gasteiger partial charge in [-0.25, -0.2) is 4.98 Å². The van der Waals surface area contributed by atoms with Gasteiger partial charge in [0.05, 0.1) is 6.10 Å². The second kappa shape index (κ2) is 5.47. The van der Waals surface area contributed by atoms with E-state index in [1.165, 1.54) is 12.8 Å². The summed E-state index contributed by atoms with van der Waals surface area (Å²) < 4.78 is 11.9. The molecule has 1 aromatic rings. The van der Waals surface area contributed by atoms with Crippen molar-refractivity contribution in [2.45, 2.75) is 25.4 Å². The van der Waals surface area contributed by atoms with Crippen molar-refractivity contribution in [1.82, 2.24) is 4.98 Å². The van der Waals surface area contributed by atoms with Gasteiger partial charge in [0.25, 0.3) is 0 Å². The summed E-state index contributed by atoms with van der Waals surface area (Å²) in [5.74, 6) is 0.651. The molecule has 4 heteroatoms. The van der Waals surface area contributed by atoms with E-state index in [2.05, 4.69) is 20.9 Å². The zero-order valence-corrected chi connectivity index (χ0v) is 10.1. The molecule has 0 saturated carbocycles. The molecule has 1 unspecified atom stereocenters. The lowest BCUT2D eigenvalue weighted by Crippen LogP contribution is -2.25. The Morgan fingerprint density at radius 1 is 1.47 bits per heavy atom. The molecule has 2 heterocycles. The summed E-state index contributed by atoms with van der Waals surface area (Å²) >= 11 is 3.31. The van der Waals surface area contributed by atoms with E-state index in [1.54, 1.807) is 0 Å². The maximum absolute atomic E-state index is 5.57. The molecule has 15 heavy (non-hydrogen) atoms. The topological polar surface area (TPSA) is 31.4 Å². The Balaban J connectivity index is 1.81. The molecule has 1 aliphatic rings. The predicted octanol–water partition coefficient (Wildman–Crippen LogP) is 2.79. The molecule has 1 atom stereocenters. The maximum Gasteiger partial charge on any atom is 0.214 e. The molecular weight excluding hydrogens is 258 g/mol. The zero-order valence-electron chi connectivity index (χ0n) is 8.49. The highest BCUT2D eigenvalue weighted by molar-refractivity contribution is 9.10. The smallest absolute Gasteiger partial charge is 0.214 e. The van der Waals surface area contributed by atoms with Crippen molar-refractivity contribution < 1.29 is 9.47 Å². The van der Waals surface area contributed by atoms with Gasteiger partial charge in [-0.15, -0.1) is 0 Å². The molecule has 3 nitrogen and oxygen atoms in total. The third kappa shape index (κ3) is 3.47. The Morgan fingerprint density at radius 3 is 3.13 bits per heavy atom. The fraction of sp³-hybridized carbons (Fsp3) is 0.545. The van der Waals surface area contributed by atoms with Crippen molar-refractivity contribution >= 4 is 15.9 Å². The van der Waals surface area contributed by atoms with Gasteiger partial charge < -0.3 is 9.47 Å². The lowest BCUT2D eigenvalue weighted by Gasteiger charge is -2.22. The summed E-state index contributed by atoms with van der Waals surface area (Å²) in [6, 6.07) is 5.64. The first-order valence-corrected chi connectivity index (χ1v) is 6.01. The van der Waals surface area contributed by atoms with E-state index in [9.17, 15) is 0 Å². The fourth-order valence-corrected chi connectivity index (χ4v) is 1.91. The Hall–Kier alpha value is -0.610. The highest BCUT2D eigenvalue weighted by atomic mass is 79.9. The molecule has 2 rings (SSSR count). The van der Waals surface area contributed by atoms with Gasteiger partial charge in [-0.3, -0.25) is 0 Å². The number of aromatic nitrogens is 1. The van der Waals surface area contributed by atoms with Gasteiger partial charge in [0.2, 0.25) is 5.88 Å². The minimum absolute atomic E-state index is 0.236. The van der Waals surface area contributed by atoms with Crippen LogP contribution in [0.3, 0.4) is 0 Å². The van der Waals surface area contributed by atoms with Gasteiger partial charge in [0, 0.05) is 12.7 Å². The lowest BCUT2D eigenvalue weighted by molar-refractivity contribution is -0.0119. The second-order valence-electron chi connectivity index (χ2n) is 3.60. The first-order valence-electron chi connectivity index (χ1n) is 5.21. The van der Waals surface area contributed by atoms with Crippen molar-refractivity contribution in [2.24, 2.45) is 0 Å². The molecule has 0 spiro atoms. The van der Waals surface area contributed by atoms with Gasteiger partial charge in [0.15, 0.2) is 0 Å². The molecule has 1 aromatic heterocycles. The fourth-order valence-electron chi connectivity index (χ4n) is 1.59. The molecule has 0 aromatic carbocycles. The number of pyridine rings is 1. The first-order chi connectivity index (χ1) is 7.34. The standard InChI is InChI=1S/C11H14BrNO2/c12-10-5-3-6-11(13-10)15-8-9-4-1-2-7-14-9/h3,5-6,9H,1-2,4,7-8H2. The highest BCUT2D eigenvalue weighted by Crippen LogP contribution is 2.16. The molecule has 0 bridgehead atoms. The van der Waals surface area contributed by atoms with Crippen molar-refractivity contribution in [3.8, 4) is 5.88 Å². The minimum Gasteiger partial charge on any atom is -0.475 e. The van der Waals surface area contributed by atoms with Gasteiger partial charge >= 0.3 is 0 Å². The summed E-state index contributed by atoms with van der Waals surface area (Å²) in [5.41, 5.74) is 0. The maximum atomic E-state index is 5.57. The molecule has 1 aliphatic heterocycles. The van der Waals surface area contributed by atoms with Crippen LogP contribution in [0, 0.1) is 0 Å². The van der Waals surface area contributed by atoms with Crippen LogP contribution in [0.2, 0.25) is 0 Å². The van der Waals surface area contributed by atoms with E-state index in [-0.39, 0.29) is 6.10 Å². The van der Waals surface area contributed by atoms with E-state index < -0.39 is 0 Å². The summed E-state index contributed by atoms with van der Waals surface area (Å²) in [4.78, 5) is 4.20. The van der Waals surface area contributed by atoms with Crippen LogP contribution in [-0.4, -0.2) is 24.3 Å². The van der Waals surface area contributed by atoms with E-state index in [0.29, 0.717) is 12.5 Å². The summed E-state index contributed by atoms with van der Waals surface area (Å²) in [7, 11) is 0. The summed E-state index contributed by atoms with van der Waals surface area (Å²) in [6.07, 6.45) is 3.74. The van der Waals surface area contributed by atoms with Crippen LogP contribution in [0.5, 0.6) is 5.88 Å². The van der Waals surface area contributed by atoms with Crippen LogP contribution < -0.4 is 4.74 Å². The van der Waals surface area contributed by atoms with Crippen LogP contribution in [0.4, 0.5) is 0 Å². The number of rotatable bonds is 3. The third-order valence-electron chi connectivity index (χ3n) is 2.38. The average Bonchev–Trinajstić information content (AvgIpc) is 2.28. The van der Waals surface area contributed by atoms with Crippen LogP contribution >= 0.6 is 15.9 Å². The van der Waals surface area contributed by atoms with E-state index >= 15 is 0 Å². The monoisotopic (exact) mass is 271 g/mol. The highest BCUT2D eigenvalue weighted by Gasteiger charge is 2.14.